The topological polar surface area (TPSA) is 38.3 Å². The van der Waals surface area contributed by atoms with Gasteiger partial charge in [-0.1, -0.05) is 26.0 Å². The Hall–Kier alpha value is -1.58. The molecule has 0 bridgehead atoms. The minimum absolute atomic E-state index is 0.140. The molecule has 1 unspecified atom stereocenters. The van der Waals surface area contributed by atoms with E-state index in [0.717, 1.165) is 0 Å². The molecule has 0 radical (unpaired) electrons. The van der Waals surface area contributed by atoms with Crippen LogP contribution in [0.1, 0.15) is 13.8 Å². The van der Waals surface area contributed by atoms with Crippen LogP contribution in [0.25, 0.3) is 0 Å². The number of anilines is 1. The largest absolute Gasteiger partial charge is 0.469 e. The predicted octanol–water partition coefficient (Wildman–Crippen LogP) is 2.68. The van der Waals surface area contributed by atoms with Crippen LogP contribution in [-0.4, -0.2) is 19.6 Å². The lowest BCUT2D eigenvalue weighted by Crippen LogP contribution is -2.29. The smallest absolute Gasteiger partial charge is 0.310 e. The molecule has 1 N–H and O–H groups in total. The summed E-state index contributed by atoms with van der Waals surface area (Å²) >= 11 is 0. The van der Waals surface area contributed by atoms with E-state index in [9.17, 15) is 9.18 Å². The number of benzene rings is 1. The second kappa shape index (κ2) is 6.23. The molecule has 17 heavy (non-hydrogen) atoms. The first-order valence-corrected chi connectivity index (χ1v) is 5.62. The number of ether oxygens (including phenoxy) is 1. The molecule has 1 aromatic rings. The van der Waals surface area contributed by atoms with Gasteiger partial charge in [0.25, 0.3) is 0 Å². The lowest BCUT2D eigenvalue weighted by molar-refractivity contribution is -0.146. The van der Waals surface area contributed by atoms with Crippen LogP contribution in [-0.2, 0) is 9.53 Å². The number of rotatable bonds is 5. The van der Waals surface area contributed by atoms with Crippen molar-refractivity contribution in [1.29, 1.82) is 0 Å². The van der Waals surface area contributed by atoms with Gasteiger partial charge in [0.15, 0.2) is 0 Å². The van der Waals surface area contributed by atoms with Gasteiger partial charge in [0.05, 0.1) is 18.7 Å². The third kappa shape index (κ3) is 3.73. The van der Waals surface area contributed by atoms with Crippen molar-refractivity contribution >= 4 is 11.7 Å². The van der Waals surface area contributed by atoms with Gasteiger partial charge in [0, 0.05) is 6.54 Å². The van der Waals surface area contributed by atoms with E-state index in [-0.39, 0.29) is 23.6 Å². The summed E-state index contributed by atoms with van der Waals surface area (Å²) in [5, 5.41) is 2.93. The molecule has 0 aliphatic carbocycles. The van der Waals surface area contributed by atoms with Gasteiger partial charge in [0.1, 0.15) is 5.82 Å². The van der Waals surface area contributed by atoms with E-state index in [1.54, 1.807) is 18.2 Å². The highest BCUT2D eigenvalue weighted by atomic mass is 19.1. The van der Waals surface area contributed by atoms with Crippen LogP contribution < -0.4 is 5.32 Å². The Labute approximate surface area is 101 Å². The van der Waals surface area contributed by atoms with Crippen LogP contribution >= 0.6 is 0 Å². The van der Waals surface area contributed by atoms with Crippen LogP contribution in [0.2, 0.25) is 0 Å². The number of para-hydroxylation sites is 1. The number of halogens is 1. The average molecular weight is 239 g/mol. The summed E-state index contributed by atoms with van der Waals surface area (Å²) in [6, 6.07) is 6.39. The Bertz CT molecular complexity index is 379. The third-order valence-corrected chi connectivity index (χ3v) is 2.69. The fourth-order valence-corrected chi connectivity index (χ4v) is 1.57. The van der Waals surface area contributed by atoms with Gasteiger partial charge in [-0.3, -0.25) is 4.79 Å². The summed E-state index contributed by atoms with van der Waals surface area (Å²) < 4.78 is 18.1. The first kappa shape index (κ1) is 13.5. The first-order chi connectivity index (χ1) is 8.06. The zero-order valence-electron chi connectivity index (χ0n) is 10.4. The SMILES string of the molecule is COC(=O)C(CNc1ccccc1F)C(C)C. The number of carbonyl (C=O) groups excluding carboxylic acids is 1. The van der Waals surface area contributed by atoms with Crippen molar-refractivity contribution in [3.05, 3.63) is 30.1 Å². The summed E-state index contributed by atoms with van der Waals surface area (Å²) in [4.78, 5) is 11.5. The second-order valence-electron chi connectivity index (χ2n) is 4.23. The minimum atomic E-state index is -0.320. The molecule has 0 fully saturated rings. The molecule has 0 heterocycles. The molecule has 0 amide bonds. The Morgan fingerprint density at radius 3 is 2.59 bits per heavy atom. The molecule has 0 spiro atoms. The van der Waals surface area contributed by atoms with Crippen molar-refractivity contribution < 1.29 is 13.9 Å². The second-order valence-corrected chi connectivity index (χ2v) is 4.23. The van der Waals surface area contributed by atoms with E-state index in [1.165, 1.54) is 13.2 Å². The third-order valence-electron chi connectivity index (χ3n) is 2.69. The number of nitrogens with one attached hydrogen (secondary N) is 1. The number of hydrogen-bond acceptors (Lipinski definition) is 3. The van der Waals surface area contributed by atoms with Gasteiger partial charge in [-0.05, 0) is 18.1 Å². The molecule has 0 aliphatic rings. The molecule has 1 rings (SSSR count). The van der Waals surface area contributed by atoms with E-state index in [1.807, 2.05) is 13.8 Å². The molecule has 4 heteroatoms. The number of methoxy groups -OCH3 is 1. The monoisotopic (exact) mass is 239 g/mol. The summed E-state index contributed by atoms with van der Waals surface area (Å²) in [6.07, 6.45) is 0. The van der Waals surface area contributed by atoms with E-state index in [2.05, 4.69) is 5.32 Å². The molecule has 94 valence electrons. The average Bonchev–Trinajstić information content (AvgIpc) is 2.30. The van der Waals surface area contributed by atoms with Gasteiger partial charge in [-0.25, -0.2) is 4.39 Å². The zero-order valence-corrected chi connectivity index (χ0v) is 10.4. The standard InChI is InChI=1S/C13H18FNO2/c1-9(2)10(13(16)17-3)8-15-12-7-5-4-6-11(12)14/h4-7,9-10,15H,8H2,1-3H3. The number of hydrogen-bond donors (Lipinski definition) is 1. The molecule has 3 nitrogen and oxygen atoms in total. The Balaban J connectivity index is 2.64. The van der Waals surface area contributed by atoms with E-state index in [0.29, 0.717) is 12.2 Å². The van der Waals surface area contributed by atoms with Gasteiger partial charge >= 0.3 is 5.97 Å². The molecule has 0 aromatic heterocycles. The van der Waals surface area contributed by atoms with Gasteiger partial charge < -0.3 is 10.1 Å². The van der Waals surface area contributed by atoms with Crippen LogP contribution in [0.3, 0.4) is 0 Å². The van der Waals surface area contributed by atoms with Crippen LogP contribution in [0.15, 0.2) is 24.3 Å². The highest BCUT2D eigenvalue weighted by molar-refractivity contribution is 5.73. The highest BCUT2D eigenvalue weighted by Crippen LogP contribution is 2.17. The maximum atomic E-state index is 13.3. The van der Waals surface area contributed by atoms with Crippen LogP contribution in [0, 0.1) is 17.7 Å². The number of esters is 1. The highest BCUT2D eigenvalue weighted by Gasteiger charge is 2.22. The molecule has 1 atom stereocenters. The molecular weight excluding hydrogens is 221 g/mol. The summed E-state index contributed by atoms with van der Waals surface area (Å²) in [5.74, 6) is -0.731. The van der Waals surface area contributed by atoms with Crippen molar-refractivity contribution in [3.8, 4) is 0 Å². The van der Waals surface area contributed by atoms with Crippen molar-refractivity contribution in [2.45, 2.75) is 13.8 Å². The van der Waals surface area contributed by atoms with Crippen LogP contribution in [0.5, 0.6) is 0 Å². The quantitative estimate of drug-likeness (QED) is 0.803. The first-order valence-electron chi connectivity index (χ1n) is 5.62. The summed E-state index contributed by atoms with van der Waals surface area (Å²) in [7, 11) is 1.36. The van der Waals surface area contributed by atoms with Crippen LogP contribution in [0.4, 0.5) is 10.1 Å². The minimum Gasteiger partial charge on any atom is -0.469 e. The zero-order chi connectivity index (χ0) is 12.8. The predicted molar refractivity (Wildman–Crippen MR) is 65.2 cm³/mol. The Morgan fingerprint density at radius 2 is 2.06 bits per heavy atom. The molecule has 0 aliphatic heterocycles. The summed E-state index contributed by atoms with van der Waals surface area (Å²) in [5.41, 5.74) is 0.405. The molecule has 0 saturated heterocycles. The van der Waals surface area contributed by atoms with E-state index in [4.69, 9.17) is 4.74 Å². The lowest BCUT2D eigenvalue weighted by atomic mass is 9.96. The van der Waals surface area contributed by atoms with Gasteiger partial charge in [-0.15, -0.1) is 0 Å². The normalized spacial score (nSPS) is 12.3. The molecule has 1 aromatic carbocycles. The maximum absolute atomic E-state index is 13.3. The number of carbonyl (C=O) groups is 1. The Morgan fingerprint density at radius 1 is 1.41 bits per heavy atom. The fraction of sp³-hybridized carbons (Fsp3) is 0.462. The van der Waals surface area contributed by atoms with Crippen molar-refractivity contribution in [1.82, 2.24) is 0 Å². The Kier molecular flexibility index (Phi) is 4.94. The van der Waals surface area contributed by atoms with E-state index < -0.39 is 0 Å². The summed E-state index contributed by atoms with van der Waals surface area (Å²) in [6.45, 7) is 4.24. The maximum Gasteiger partial charge on any atom is 0.310 e. The van der Waals surface area contributed by atoms with Crippen molar-refractivity contribution in [2.24, 2.45) is 11.8 Å². The fourth-order valence-electron chi connectivity index (χ4n) is 1.57. The molecular formula is C13H18FNO2. The van der Waals surface area contributed by atoms with E-state index >= 15 is 0 Å². The van der Waals surface area contributed by atoms with Crippen molar-refractivity contribution in [3.63, 3.8) is 0 Å². The van der Waals surface area contributed by atoms with Crippen molar-refractivity contribution in [2.75, 3.05) is 19.0 Å². The molecule has 0 saturated carbocycles. The lowest BCUT2D eigenvalue weighted by Gasteiger charge is -2.19. The van der Waals surface area contributed by atoms with Gasteiger partial charge in [0.2, 0.25) is 0 Å². The van der Waals surface area contributed by atoms with Gasteiger partial charge in [-0.2, -0.15) is 0 Å².